The number of nitrogens with one attached hydrogen (secondary N) is 2. The van der Waals surface area contributed by atoms with E-state index in [1.54, 1.807) is 48.5 Å². The summed E-state index contributed by atoms with van der Waals surface area (Å²) >= 11 is 5.83. The van der Waals surface area contributed by atoms with Crippen LogP contribution in [0.1, 0.15) is 28.8 Å². The minimum Gasteiger partial charge on any atom is -0.352 e. The van der Waals surface area contributed by atoms with Gasteiger partial charge in [0.05, 0.1) is 11.6 Å². The summed E-state index contributed by atoms with van der Waals surface area (Å²) in [6.45, 7) is 0.362. The number of halogens is 1. The highest BCUT2D eigenvalue weighted by Gasteiger charge is 2.14. The number of carbonyl (C=O) groups is 2. The Hall–Kier alpha value is -3.62. The van der Waals surface area contributed by atoms with Crippen LogP contribution < -0.4 is 10.6 Å². The summed E-state index contributed by atoms with van der Waals surface area (Å²) in [4.78, 5) is 24.7. The van der Waals surface area contributed by atoms with E-state index >= 15 is 0 Å². The van der Waals surface area contributed by atoms with Gasteiger partial charge in [-0.3, -0.25) is 9.59 Å². The lowest BCUT2D eigenvalue weighted by Crippen LogP contribution is -2.26. The van der Waals surface area contributed by atoms with Gasteiger partial charge in [-0.2, -0.15) is 5.26 Å². The quantitative estimate of drug-likeness (QED) is 0.529. The predicted molar refractivity (Wildman–Crippen MR) is 118 cm³/mol. The third-order valence-corrected chi connectivity index (χ3v) is 4.76. The van der Waals surface area contributed by atoms with Gasteiger partial charge in [0.1, 0.15) is 0 Å². The van der Waals surface area contributed by atoms with E-state index in [4.69, 9.17) is 11.6 Å². The molecule has 0 saturated heterocycles. The maximum atomic E-state index is 12.7. The topological polar surface area (TPSA) is 82.0 Å². The van der Waals surface area contributed by atoms with E-state index in [-0.39, 0.29) is 18.2 Å². The van der Waals surface area contributed by atoms with Crippen LogP contribution in [0.4, 0.5) is 5.69 Å². The van der Waals surface area contributed by atoms with Crippen molar-refractivity contribution in [1.29, 1.82) is 5.26 Å². The fourth-order valence-electron chi connectivity index (χ4n) is 3.03. The van der Waals surface area contributed by atoms with Crippen LogP contribution in [-0.2, 0) is 4.79 Å². The van der Waals surface area contributed by atoms with Crippen molar-refractivity contribution in [3.05, 3.63) is 88.9 Å². The third-order valence-electron chi connectivity index (χ3n) is 4.50. The van der Waals surface area contributed by atoms with Crippen LogP contribution in [0.15, 0.2) is 72.8 Å². The van der Waals surface area contributed by atoms with E-state index in [1.165, 1.54) is 0 Å². The maximum absolute atomic E-state index is 12.7. The van der Waals surface area contributed by atoms with Crippen molar-refractivity contribution in [2.24, 2.45) is 0 Å². The summed E-state index contributed by atoms with van der Waals surface area (Å²) in [5.74, 6) is -0.369. The number of hydrogen-bond acceptors (Lipinski definition) is 3. The van der Waals surface area contributed by atoms with Crippen molar-refractivity contribution in [3.8, 4) is 17.2 Å². The maximum Gasteiger partial charge on any atom is 0.251 e. The van der Waals surface area contributed by atoms with Crippen molar-refractivity contribution >= 4 is 29.1 Å². The lowest BCUT2D eigenvalue weighted by atomic mass is 9.95. The van der Waals surface area contributed by atoms with Crippen LogP contribution in [0.3, 0.4) is 0 Å². The summed E-state index contributed by atoms with van der Waals surface area (Å²) in [5, 5.41) is 15.6. The van der Waals surface area contributed by atoms with Gasteiger partial charge in [-0.25, -0.2) is 0 Å². The van der Waals surface area contributed by atoms with Gasteiger partial charge in [-0.15, -0.1) is 0 Å². The predicted octanol–water partition coefficient (Wildman–Crippen LogP) is 5.03. The summed E-state index contributed by atoms with van der Waals surface area (Å²) in [6.07, 6.45) is 0.782. The van der Waals surface area contributed by atoms with E-state index in [9.17, 15) is 14.9 Å². The van der Waals surface area contributed by atoms with Gasteiger partial charge in [-0.1, -0.05) is 48.0 Å². The minimum atomic E-state index is -0.239. The fraction of sp³-hybridized carbons (Fsp3) is 0.125. The van der Waals surface area contributed by atoms with E-state index in [2.05, 4.69) is 16.7 Å². The molecule has 3 rings (SSSR count). The molecule has 0 aromatic heterocycles. The minimum absolute atomic E-state index is 0.130. The van der Waals surface area contributed by atoms with Crippen LogP contribution in [-0.4, -0.2) is 18.4 Å². The molecule has 0 aliphatic heterocycles. The summed E-state index contributed by atoms with van der Waals surface area (Å²) in [6, 6.07) is 23.4. The molecule has 0 bridgehead atoms. The molecule has 3 aromatic rings. The fourth-order valence-corrected chi connectivity index (χ4v) is 3.16. The Balaban J connectivity index is 1.56. The van der Waals surface area contributed by atoms with Crippen molar-refractivity contribution in [2.45, 2.75) is 12.8 Å². The van der Waals surface area contributed by atoms with Gasteiger partial charge in [0, 0.05) is 34.8 Å². The van der Waals surface area contributed by atoms with Gasteiger partial charge >= 0.3 is 0 Å². The van der Waals surface area contributed by atoms with E-state index in [0.717, 1.165) is 0 Å². The molecule has 30 heavy (non-hydrogen) atoms. The molecule has 5 nitrogen and oxygen atoms in total. The zero-order chi connectivity index (χ0) is 21.3. The van der Waals surface area contributed by atoms with E-state index < -0.39 is 0 Å². The number of hydrogen-bond donors (Lipinski definition) is 2. The number of amides is 2. The molecule has 150 valence electrons. The number of carbonyl (C=O) groups excluding carboxylic acids is 2. The molecule has 2 N–H and O–H groups in total. The molecule has 0 aliphatic carbocycles. The molecule has 0 spiro atoms. The Morgan fingerprint density at radius 3 is 2.30 bits per heavy atom. The highest BCUT2D eigenvalue weighted by atomic mass is 35.5. The highest BCUT2D eigenvalue weighted by Crippen LogP contribution is 2.26. The number of nitrogens with zero attached hydrogens (tertiary/aromatic N) is 1. The average Bonchev–Trinajstić information content (AvgIpc) is 2.78. The van der Waals surface area contributed by atoms with Crippen LogP contribution in [0.25, 0.3) is 11.1 Å². The molecule has 0 saturated carbocycles. The molecule has 0 atom stereocenters. The monoisotopic (exact) mass is 417 g/mol. The zero-order valence-corrected chi connectivity index (χ0v) is 16.9. The van der Waals surface area contributed by atoms with E-state index in [0.29, 0.717) is 45.9 Å². The lowest BCUT2D eigenvalue weighted by molar-refractivity contribution is -0.116. The van der Waals surface area contributed by atoms with Gasteiger partial charge in [-0.05, 0) is 48.4 Å². The first-order valence-electron chi connectivity index (χ1n) is 9.50. The largest absolute Gasteiger partial charge is 0.352 e. The van der Waals surface area contributed by atoms with Crippen LogP contribution in [0.2, 0.25) is 5.02 Å². The normalized spacial score (nSPS) is 10.1. The summed E-state index contributed by atoms with van der Waals surface area (Å²) < 4.78 is 0. The van der Waals surface area contributed by atoms with Gasteiger partial charge in [0.25, 0.3) is 5.91 Å². The molecular formula is C24H20ClN3O2. The molecule has 2 amide bonds. The lowest BCUT2D eigenvalue weighted by Gasteiger charge is -2.11. The molecule has 6 heteroatoms. The standard InChI is InChI=1S/C24H20ClN3O2/c25-18-11-13-19(14-12-18)28-23(29)10-5-15-27-24(30)22-9-4-3-8-21(22)20-7-2-1-6-17(20)16-26/h1-4,6-9,11-14H,5,10,15H2,(H,27,30)(H,28,29). The van der Waals surface area contributed by atoms with Crippen LogP contribution >= 0.6 is 11.6 Å². The van der Waals surface area contributed by atoms with E-state index in [1.807, 2.05) is 24.3 Å². The number of nitriles is 1. The van der Waals surface area contributed by atoms with Crippen LogP contribution in [0.5, 0.6) is 0 Å². The third kappa shape index (κ3) is 5.47. The Kier molecular flexibility index (Phi) is 7.20. The highest BCUT2D eigenvalue weighted by molar-refractivity contribution is 6.30. The Morgan fingerprint density at radius 1 is 0.900 bits per heavy atom. The Morgan fingerprint density at radius 2 is 1.57 bits per heavy atom. The first kappa shape index (κ1) is 21.1. The van der Waals surface area contributed by atoms with Gasteiger partial charge in [0.2, 0.25) is 5.91 Å². The molecule has 0 heterocycles. The second-order valence-electron chi connectivity index (χ2n) is 6.62. The first-order valence-corrected chi connectivity index (χ1v) is 9.88. The molecule has 0 fully saturated rings. The average molecular weight is 418 g/mol. The SMILES string of the molecule is N#Cc1ccccc1-c1ccccc1C(=O)NCCCC(=O)Nc1ccc(Cl)cc1. The molecule has 0 aliphatic rings. The number of anilines is 1. The number of rotatable bonds is 7. The van der Waals surface area contributed by atoms with Crippen molar-refractivity contribution < 1.29 is 9.59 Å². The zero-order valence-electron chi connectivity index (χ0n) is 16.2. The smallest absolute Gasteiger partial charge is 0.251 e. The molecule has 0 unspecified atom stereocenters. The second-order valence-corrected chi connectivity index (χ2v) is 7.05. The molecular weight excluding hydrogens is 398 g/mol. The Bertz CT molecular complexity index is 1090. The molecule has 3 aromatic carbocycles. The van der Waals surface area contributed by atoms with Gasteiger partial charge in [0.15, 0.2) is 0 Å². The Labute approximate surface area is 180 Å². The summed E-state index contributed by atoms with van der Waals surface area (Å²) in [7, 11) is 0. The first-order chi connectivity index (χ1) is 14.6. The second kappa shape index (κ2) is 10.2. The van der Waals surface area contributed by atoms with Crippen LogP contribution in [0, 0.1) is 11.3 Å². The van der Waals surface area contributed by atoms with Crippen molar-refractivity contribution in [3.63, 3.8) is 0 Å². The van der Waals surface area contributed by atoms with Crippen molar-refractivity contribution in [2.75, 3.05) is 11.9 Å². The summed E-state index contributed by atoms with van der Waals surface area (Å²) in [5.41, 5.74) is 3.10. The van der Waals surface area contributed by atoms with Crippen molar-refractivity contribution in [1.82, 2.24) is 5.32 Å². The molecule has 0 radical (unpaired) electrons. The van der Waals surface area contributed by atoms with Gasteiger partial charge < -0.3 is 10.6 Å². The number of benzene rings is 3.